The molecule has 2 aromatic carbocycles. The molecule has 26 heavy (non-hydrogen) atoms. The van der Waals surface area contributed by atoms with Crippen LogP contribution in [0.3, 0.4) is 0 Å². The van der Waals surface area contributed by atoms with Crippen molar-refractivity contribution in [2.75, 3.05) is 34.3 Å². The standard InChI is InChI=1S/C17H18N2O2.C3H9N.ClH/c1-18-19(2)17(20)21-11-16-14-9-5-3-7-12(14)13-8-4-6-10-15(13)16;1-3-4-2;/h3-10,16,18H,11H2,1-2H3;4H,3H2,1-2H3;1H. The quantitative estimate of drug-likeness (QED) is 0.798. The van der Waals surface area contributed by atoms with E-state index in [0.29, 0.717) is 6.61 Å². The van der Waals surface area contributed by atoms with E-state index in [-0.39, 0.29) is 24.4 Å². The number of nitrogens with zero attached hydrogens (tertiary/aromatic N) is 1. The molecule has 0 aromatic heterocycles. The summed E-state index contributed by atoms with van der Waals surface area (Å²) in [6.45, 7) is 3.49. The SMILES string of the molecule is CCNC.CNN(C)C(=O)OCC1c2ccccc2-c2ccccc21.Cl. The number of rotatable bonds is 4. The summed E-state index contributed by atoms with van der Waals surface area (Å²) in [7, 11) is 5.25. The molecule has 142 valence electrons. The first kappa shape index (κ1) is 22.0. The van der Waals surface area contributed by atoms with E-state index in [2.05, 4.69) is 41.9 Å². The van der Waals surface area contributed by atoms with Crippen molar-refractivity contribution < 1.29 is 9.53 Å². The second-order valence-corrected chi connectivity index (χ2v) is 5.79. The summed E-state index contributed by atoms with van der Waals surface area (Å²) >= 11 is 0. The fourth-order valence-corrected chi connectivity index (χ4v) is 2.78. The maximum atomic E-state index is 11.8. The average Bonchev–Trinajstić information content (AvgIpc) is 2.99. The van der Waals surface area contributed by atoms with Gasteiger partial charge >= 0.3 is 6.09 Å². The molecular weight excluding hydrogens is 350 g/mol. The highest BCUT2D eigenvalue weighted by atomic mass is 35.5. The predicted molar refractivity (Wildman–Crippen MR) is 109 cm³/mol. The van der Waals surface area contributed by atoms with Crippen molar-refractivity contribution in [3.63, 3.8) is 0 Å². The van der Waals surface area contributed by atoms with Gasteiger partial charge in [0.05, 0.1) is 0 Å². The summed E-state index contributed by atoms with van der Waals surface area (Å²) in [5, 5.41) is 4.26. The molecule has 1 amide bonds. The van der Waals surface area contributed by atoms with Gasteiger partial charge in [-0.15, -0.1) is 12.4 Å². The molecule has 0 aliphatic heterocycles. The third-order valence-electron chi connectivity index (χ3n) is 4.30. The number of hydrogen-bond donors (Lipinski definition) is 2. The molecule has 5 nitrogen and oxygen atoms in total. The first-order valence-electron chi connectivity index (χ1n) is 8.54. The van der Waals surface area contributed by atoms with Crippen molar-refractivity contribution in [1.29, 1.82) is 0 Å². The molecule has 1 aliphatic carbocycles. The normalized spacial score (nSPS) is 11.4. The fraction of sp³-hybridized carbons (Fsp3) is 0.350. The number of carbonyl (C=O) groups is 1. The van der Waals surface area contributed by atoms with Crippen LogP contribution >= 0.6 is 12.4 Å². The van der Waals surface area contributed by atoms with Crippen molar-refractivity contribution in [3.8, 4) is 11.1 Å². The Bertz CT molecular complexity index is 661. The zero-order valence-corrected chi connectivity index (χ0v) is 16.6. The Morgan fingerprint density at radius 3 is 1.92 bits per heavy atom. The van der Waals surface area contributed by atoms with Gasteiger partial charge < -0.3 is 10.1 Å². The molecule has 0 heterocycles. The van der Waals surface area contributed by atoms with Crippen LogP contribution in [0.25, 0.3) is 11.1 Å². The zero-order chi connectivity index (χ0) is 18.2. The summed E-state index contributed by atoms with van der Waals surface area (Å²) < 4.78 is 5.42. The van der Waals surface area contributed by atoms with Crippen LogP contribution in [0.5, 0.6) is 0 Å². The Hall–Kier alpha value is -2.08. The van der Waals surface area contributed by atoms with E-state index in [4.69, 9.17) is 4.74 Å². The Morgan fingerprint density at radius 1 is 1.04 bits per heavy atom. The number of nitrogens with one attached hydrogen (secondary N) is 2. The maximum Gasteiger partial charge on any atom is 0.423 e. The van der Waals surface area contributed by atoms with Gasteiger partial charge in [0, 0.05) is 20.0 Å². The summed E-state index contributed by atoms with van der Waals surface area (Å²) in [6.07, 6.45) is -0.376. The molecule has 0 unspecified atom stereocenters. The third kappa shape index (κ3) is 4.97. The first-order valence-corrected chi connectivity index (χ1v) is 8.54. The van der Waals surface area contributed by atoms with Crippen LogP contribution in [0.4, 0.5) is 4.79 Å². The van der Waals surface area contributed by atoms with Crippen molar-refractivity contribution in [1.82, 2.24) is 15.8 Å². The van der Waals surface area contributed by atoms with E-state index in [0.717, 1.165) is 6.54 Å². The highest BCUT2D eigenvalue weighted by Crippen LogP contribution is 2.44. The minimum Gasteiger partial charge on any atom is -0.447 e. The molecule has 0 saturated heterocycles. The lowest BCUT2D eigenvalue weighted by Gasteiger charge is -2.18. The molecule has 0 bridgehead atoms. The monoisotopic (exact) mass is 377 g/mol. The van der Waals surface area contributed by atoms with Gasteiger partial charge in [0.2, 0.25) is 0 Å². The smallest absolute Gasteiger partial charge is 0.423 e. The second-order valence-electron chi connectivity index (χ2n) is 5.79. The number of hydrogen-bond acceptors (Lipinski definition) is 4. The molecule has 2 aromatic rings. The van der Waals surface area contributed by atoms with Crippen LogP contribution < -0.4 is 10.7 Å². The number of hydrazine groups is 1. The van der Waals surface area contributed by atoms with Crippen molar-refractivity contribution in [2.24, 2.45) is 0 Å². The number of carbonyl (C=O) groups excluding carboxylic acids is 1. The number of amides is 1. The lowest BCUT2D eigenvalue weighted by molar-refractivity contribution is 0.0956. The van der Waals surface area contributed by atoms with Crippen LogP contribution in [-0.2, 0) is 4.74 Å². The Labute approximate surface area is 162 Å². The second kappa shape index (κ2) is 10.8. The Kier molecular flexibility index (Phi) is 9.13. The zero-order valence-electron chi connectivity index (χ0n) is 15.8. The van der Waals surface area contributed by atoms with E-state index in [9.17, 15) is 4.79 Å². The lowest BCUT2D eigenvalue weighted by atomic mass is 9.98. The van der Waals surface area contributed by atoms with Crippen molar-refractivity contribution in [2.45, 2.75) is 12.8 Å². The Balaban J connectivity index is 0.000000616. The van der Waals surface area contributed by atoms with Gasteiger partial charge in [-0.2, -0.15) is 0 Å². The highest BCUT2D eigenvalue weighted by Gasteiger charge is 2.29. The van der Waals surface area contributed by atoms with Gasteiger partial charge in [-0.25, -0.2) is 15.2 Å². The number of ether oxygens (including phenoxy) is 1. The van der Waals surface area contributed by atoms with Gasteiger partial charge in [0.15, 0.2) is 0 Å². The van der Waals surface area contributed by atoms with Crippen LogP contribution in [0, 0.1) is 0 Å². The molecular formula is C20H28ClN3O2. The van der Waals surface area contributed by atoms with Gasteiger partial charge in [-0.05, 0) is 35.8 Å². The van der Waals surface area contributed by atoms with E-state index >= 15 is 0 Å². The average molecular weight is 378 g/mol. The number of halogens is 1. The van der Waals surface area contributed by atoms with Gasteiger partial charge in [-0.1, -0.05) is 55.5 Å². The number of fused-ring (bicyclic) bond motifs is 3. The third-order valence-corrected chi connectivity index (χ3v) is 4.30. The minimum atomic E-state index is -0.376. The lowest BCUT2D eigenvalue weighted by Crippen LogP contribution is -2.37. The van der Waals surface area contributed by atoms with E-state index in [1.54, 1.807) is 14.1 Å². The first-order chi connectivity index (χ1) is 12.1. The summed E-state index contributed by atoms with van der Waals surface area (Å²) in [4.78, 5) is 11.8. The largest absolute Gasteiger partial charge is 0.447 e. The van der Waals surface area contributed by atoms with Crippen LogP contribution in [-0.4, -0.2) is 45.4 Å². The molecule has 0 spiro atoms. The molecule has 3 rings (SSSR count). The minimum absolute atomic E-state index is 0. The molecule has 0 saturated carbocycles. The summed E-state index contributed by atoms with van der Waals surface area (Å²) in [5.41, 5.74) is 7.64. The van der Waals surface area contributed by atoms with Crippen LogP contribution in [0.2, 0.25) is 0 Å². The molecule has 2 N–H and O–H groups in total. The fourth-order valence-electron chi connectivity index (χ4n) is 2.78. The van der Waals surface area contributed by atoms with E-state index < -0.39 is 0 Å². The van der Waals surface area contributed by atoms with E-state index in [1.165, 1.54) is 27.3 Å². The highest BCUT2D eigenvalue weighted by molar-refractivity contribution is 5.85. The maximum absolute atomic E-state index is 11.8. The van der Waals surface area contributed by atoms with Gasteiger partial charge in [0.1, 0.15) is 6.61 Å². The van der Waals surface area contributed by atoms with Crippen LogP contribution in [0.1, 0.15) is 24.0 Å². The summed E-state index contributed by atoms with van der Waals surface area (Å²) in [6, 6.07) is 16.6. The molecule has 1 aliphatic rings. The molecule has 0 atom stereocenters. The van der Waals surface area contributed by atoms with Gasteiger partial charge in [-0.3, -0.25) is 0 Å². The van der Waals surface area contributed by atoms with Gasteiger partial charge in [0.25, 0.3) is 0 Å². The molecule has 6 heteroatoms. The predicted octanol–water partition coefficient (Wildman–Crippen LogP) is 3.65. The van der Waals surface area contributed by atoms with Crippen molar-refractivity contribution in [3.05, 3.63) is 59.7 Å². The Morgan fingerprint density at radius 2 is 1.50 bits per heavy atom. The van der Waals surface area contributed by atoms with Crippen LogP contribution in [0.15, 0.2) is 48.5 Å². The molecule has 0 radical (unpaired) electrons. The molecule has 0 fully saturated rings. The topological polar surface area (TPSA) is 53.6 Å². The number of benzene rings is 2. The summed E-state index contributed by atoms with van der Waals surface area (Å²) in [5.74, 6) is 0.103. The van der Waals surface area contributed by atoms with E-state index in [1.807, 2.05) is 31.3 Å². The van der Waals surface area contributed by atoms with Crippen molar-refractivity contribution >= 4 is 18.5 Å².